The number of nitrogens with two attached hydrogens (primary N) is 1. The number of rotatable bonds is 7. The Kier molecular flexibility index (Phi) is 7.97. The molecular formula is C28H39N7O3. The molecule has 2 saturated heterocycles. The Morgan fingerprint density at radius 1 is 1.00 bits per heavy atom. The minimum atomic E-state index is -1.04. The topological polar surface area (TPSA) is 137 Å². The summed E-state index contributed by atoms with van der Waals surface area (Å²) in [4.78, 5) is 37.1. The quantitative estimate of drug-likeness (QED) is 0.428. The zero-order chi connectivity index (χ0) is 26.6. The van der Waals surface area contributed by atoms with Crippen molar-refractivity contribution in [1.29, 1.82) is 0 Å². The van der Waals surface area contributed by atoms with E-state index in [2.05, 4.69) is 32.7 Å². The lowest BCUT2D eigenvalue weighted by molar-refractivity contribution is 0.0996. The lowest BCUT2D eigenvalue weighted by Crippen LogP contribution is -2.54. The monoisotopic (exact) mass is 521 g/mol. The lowest BCUT2D eigenvalue weighted by Gasteiger charge is -2.39. The van der Waals surface area contributed by atoms with Crippen molar-refractivity contribution >= 4 is 29.3 Å². The minimum absolute atomic E-state index is 0.0713. The van der Waals surface area contributed by atoms with E-state index in [1.807, 2.05) is 24.0 Å². The molecule has 10 heteroatoms. The molecule has 5 N–H and O–H groups in total. The molecule has 1 saturated carbocycles. The van der Waals surface area contributed by atoms with Crippen molar-refractivity contribution in [2.24, 2.45) is 5.73 Å². The Morgan fingerprint density at radius 2 is 1.71 bits per heavy atom. The van der Waals surface area contributed by atoms with Gasteiger partial charge < -0.3 is 31.3 Å². The van der Waals surface area contributed by atoms with Crippen LogP contribution in [0.25, 0.3) is 0 Å². The number of likely N-dealkylation sites (tertiary alicyclic amines) is 1. The van der Waals surface area contributed by atoms with Gasteiger partial charge in [0, 0.05) is 24.3 Å². The summed E-state index contributed by atoms with van der Waals surface area (Å²) in [5, 5.41) is 15.0. The Hall–Kier alpha value is -3.40. The van der Waals surface area contributed by atoms with Crippen molar-refractivity contribution < 1.29 is 14.7 Å². The van der Waals surface area contributed by atoms with Gasteiger partial charge in [0.05, 0.1) is 12.2 Å². The summed E-state index contributed by atoms with van der Waals surface area (Å²) in [5.74, 6) is 0.786. The number of hydrogen-bond donors (Lipinski definition) is 4. The van der Waals surface area contributed by atoms with Crippen LogP contribution in [0.3, 0.4) is 0 Å². The maximum Gasteiger partial charge on any atom is 0.404 e. The van der Waals surface area contributed by atoms with Crippen LogP contribution in [0.4, 0.5) is 22.1 Å². The Balaban J connectivity index is 1.27. The van der Waals surface area contributed by atoms with Gasteiger partial charge in [0.15, 0.2) is 11.5 Å². The van der Waals surface area contributed by atoms with Crippen molar-refractivity contribution in [2.75, 3.05) is 29.9 Å². The maximum absolute atomic E-state index is 12.1. The van der Waals surface area contributed by atoms with Gasteiger partial charge in [0.1, 0.15) is 5.82 Å². The number of carbonyl (C=O) groups excluding carboxylic acids is 1. The number of piperidine rings is 2. The summed E-state index contributed by atoms with van der Waals surface area (Å²) in [5.41, 5.74) is 7.83. The largest absolute Gasteiger partial charge is 0.465 e. The first kappa shape index (κ1) is 26.2. The average molecular weight is 522 g/mol. The van der Waals surface area contributed by atoms with Crippen LogP contribution >= 0.6 is 0 Å². The van der Waals surface area contributed by atoms with Gasteiger partial charge in [-0.15, -0.1) is 0 Å². The van der Waals surface area contributed by atoms with Gasteiger partial charge in [-0.25, -0.2) is 14.8 Å². The Morgan fingerprint density at radius 3 is 2.37 bits per heavy atom. The molecule has 3 heterocycles. The minimum Gasteiger partial charge on any atom is -0.465 e. The summed E-state index contributed by atoms with van der Waals surface area (Å²) in [6, 6.07) is 8.84. The van der Waals surface area contributed by atoms with E-state index >= 15 is 0 Å². The average Bonchev–Trinajstić information content (AvgIpc) is 3.45. The summed E-state index contributed by atoms with van der Waals surface area (Å²) >= 11 is 0. The van der Waals surface area contributed by atoms with E-state index in [1.165, 1.54) is 63.4 Å². The maximum atomic E-state index is 12.1. The number of nitrogens with one attached hydrogen (secondary N) is 2. The summed E-state index contributed by atoms with van der Waals surface area (Å²) in [6.07, 6.45) is 9.93. The third-order valence-corrected chi connectivity index (χ3v) is 8.60. The molecule has 3 aliphatic rings. The second-order valence-electron chi connectivity index (χ2n) is 10.9. The third-order valence-electron chi connectivity index (χ3n) is 8.60. The molecule has 0 spiro atoms. The summed E-state index contributed by atoms with van der Waals surface area (Å²) < 4.78 is 0. The zero-order valence-corrected chi connectivity index (χ0v) is 22.1. The normalized spacial score (nSPS) is 23.3. The number of hydrogen-bond acceptors (Lipinski definition) is 7. The van der Waals surface area contributed by atoms with E-state index in [-0.39, 0.29) is 17.8 Å². The first-order valence-corrected chi connectivity index (χ1v) is 13.9. The van der Waals surface area contributed by atoms with Gasteiger partial charge in [-0.05, 0) is 82.2 Å². The van der Waals surface area contributed by atoms with Crippen LogP contribution in [0, 0.1) is 0 Å². The number of benzene rings is 1. The van der Waals surface area contributed by atoms with Crippen molar-refractivity contribution in [3.8, 4) is 0 Å². The molecule has 1 aliphatic carbocycles. The van der Waals surface area contributed by atoms with E-state index in [9.17, 15) is 14.7 Å². The fraction of sp³-hybridized carbons (Fsp3) is 0.571. The van der Waals surface area contributed by atoms with Crippen LogP contribution in [-0.2, 0) is 0 Å². The molecule has 3 fully saturated rings. The molecule has 204 valence electrons. The SMILES string of the molecule is C[C@@H]1[C@H](NC(=O)O)CCCN1c1cnc(C(N)=O)c(Nc2ccc(C3CCN(C4CCCC4)CC3)cc2)n1. The third kappa shape index (κ3) is 5.85. The zero-order valence-electron chi connectivity index (χ0n) is 22.1. The van der Waals surface area contributed by atoms with E-state index in [0.29, 0.717) is 17.6 Å². The van der Waals surface area contributed by atoms with E-state index < -0.39 is 12.0 Å². The molecular weight excluding hydrogens is 482 g/mol. The fourth-order valence-corrected chi connectivity index (χ4v) is 6.45. The smallest absolute Gasteiger partial charge is 0.404 e. The molecule has 1 aromatic heterocycles. The molecule has 0 unspecified atom stereocenters. The van der Waals surface area contributed by atoms with Crippen molar-refractivity contribution in [2.45, 2.75) is 82.3 Å². The van der Waals surface area contributed by atoms with Gasteiger partial charge in [-0.1, -0.05) is 25.0 Å². The van der Waals surface area contributed by atoms with Crippen LogP contribution < -0.4 is 21.3 Å². The highest BCUT2D eigenvalue weighted by Gasteiger charge is 2.31. The number of amides is 2. The predicted octanol–water partition coefficient (Wildman–Crippen LogP) is 4.07. The molecule has 2 aliphatic heterocycles. The van der Waals surface area contributed by atoms with Crippen LogP contribution in [0.1, 0.15) is 80.3 Å². The number of carbonyl (C=O) groups is 2. The van der Waals surface area contributed by atoms with E-state index in [1.54, 1.807) is 0 Å². The molecule has 0 radical (unpaired) electrons. The number of carboxylic acid groups (broad SMARTS) is 1. The van der Waals surface area contributed by atoms with E-state index in [0.717, 1.165) is 31.1 Å². The highest BCUT2D eigenvalue weighted by atomic mass is 16.4. The highest BCUT2D eigenvalue weighted by Crippen LogP contribution is 2.33. The van der Waals surface area contributed by atoms with E-state index in [4.69, 9.17) is 10.7 Å². The first-order chi connectivity index (χ1) is 18.4. The molecule has 10 nitrogen and oxygen atoms in total. The number of anilines is 3. The van der Waals surface area contributed by atoms with Gasteiger partial charge in [-0.2, -0.15) is 0 Å². The highest BCUT2D eigenvalue weighted by molar-refractivity contribution is 5.96. The predicted molar refractivity (Wildman–Crippen MR) is 147 cm³/mol. The van der Waals surface area contributed by atoms with Crippen LogP contribution in [0.5, 0.6) is 0 Å². The molecule has 2 amide bonds. The van der Waals surface area contributed by atoms with Gasteiger partial charge >= 0.3 is 6.09 Å². The second-order valence-corrected chi connectivity index (χ2v) is 10.9. The molecule has 38 heavy (non-hydrogen) atoms. The van der Waals surface area contributed by atoms with Crippen LogP contribution in [-0.4, -0.2) is 69.7 Å². The summed E-state index contributed by atoms with van der Waals surface area (Å²) in [6.45, 7) is 5.04. The molecule has 1 aromatic carbocycles. The Bertz CT molecular complexity index is 1130. The van der Waals surface area contributed by atoms with Crippen LogP contribution in [0.2, 0.25) is 0 Å². The molecule has 5 rings (SSSR count). The lowest BCUT2D eigenvalue weighted by atomic mass is 9.88. The van der Waals surface area contributed by atoms with Crippen molar-refractivity contribution in [3.05, 3.63) is 41.7 Å². The van der Waals surface area contributed by atoms with Gasteiger partial charge in [-0.3, -0.25) is 4.79 Å². The number of aromatic nitrogens is 2. The second kappa shape index (κ2) is 11.6. The molecule has 2 aromatic rings. The number of primary amides is 1. The first-order valence-electron chi connectivity index (χ1n) is 13.9. The number of nitrogens with zero attached hydrogens (tertiary/aromatic N) is 4. The van der Waals surface area contributed by atoms with Crippen molar-refractivity contribution in [3.63, 3.8) is 0 Å². The summed E-state index contributed by atoms with van der Waals surface area (Å²) in [7, 11) is 0. The van der Waals surface area contributed by atoms with Crippen molar-refractivity contribution in [1.82, 2.24) is 20.2 Å². The van der Waals surface area contributed by atoms with Crippen LogP contribution in [0.15, 0.2) is 30.5 Å². The fourth-order valence-electron chi connectivity index (χ4n) is 6.45. The Labute approximate surface area is 224 Å². The standard InChI is InChI=1S/C28H39N7O3/c1-18-23(32-28(37)38)7-4-14-35(18)24-17-30-25(26(29)36)27(33-24)31-21-10-8-19(9-11-21)20-12-15-34(16-13-20)22-5-2-3-6-22/h8-11,17-18,20,22-23,32H,2-7,12-16H2,1H3,(H2,29,36)(H,31,33)(H,37,38)/t18-,23-/m1/s1. The molecule has 0 bridgehead atoms. The molecule has 2 atom stereocenters. The van der Waals surface area contributed by atoms with Gasteiger partial charge in [0.2, 0.25) is 0 Å². The van der Waals surface area contributed by atoms with Gasteiger partial charge in [0.25, 0.3) is 5.91 Å².